The van der Waals surface area contributed by atoms with Gasteiger partial charge in [0.15, 0.2) is 11.9 Å². The molecule has 0 saturated carbocycles. The van der Waals surface area contributed by atoms with Crippen LogP contribution in [0.25, 0.3) is 11.0 Å². The summed E-state index contributed by atoms with van der Waals surface area (Å²) >= 11 is 3.16. The lowest BCUT2D eigenvalue weighted by Crippen LogP contribution is -2.50. The Balaban J connectivity index is 1.54. The van der Waals surface area contributed by atoms with E-state index in [2.05, 4.69) is 10.3 Å². The first-order valence-electron chi connectivity index (χ1n) is 10.4. The second kappa shape index (κ2) is 8.92. The van der Waals surface area contributed by atoms with E-state index < -0.39 is 6.10 Å². The Hall–Kier alpha value is -3.30. The van der Waals surface area contributed by atoms with Gasteiger partial charge in [-0.2, -0.15) is 0 Å². The van der Waals surface area contributed by atoms with Crippen LogP contribution in [0.15, 0.2) is 62.7 Å². The van der Waals surface area contributed by atoms with E-state index >= 15 is 0 Å². The molecule has 0 spiro atoms. The van der Waals surface area contributed by atoms with Gasteiger partial charge in [-0.1, -0.05) is 42.1 Å². The maximum atomic E-state index is 13.8. The number of amides is 2. The Kier molecular flexibility index (Phi) is 5.82. The number of rotatable bonds is 5. The van der Waals surface area contributed by atoms with Crippen LogP contribution in [0.1, 0.15) is 21.8 Å². The van der Waals surface area contributed by atoms with E-state index in [-0.39, 0.29) is 24.1 Å². The number of hydrogen-bond acceptors (Lipinski definition) is 7. The SMILES string of the molecule is CNC(=O)C1CN(C(=O)c2oc3ccccc3c2CSc2nc(C)cs2)c2ccccc2O1. The Labute approximate surface area is 198 Å². The van der Waals surface area contributed by atoms with E-state index in [9.17, 15) is 9.59 Å². The minimum Gasteiger partial charge on any atom is -0.477 e. The summed E-state index contributed by atoms with van der Waals surface area (Å²) in [5.41, 5.74) is 3.04. The molecule has 33 heavy (non-hydrogen) atoms. The molecule has 1 N–H and O–H groups in total. The molecule has 0 saturated heterocycles. The van der Waals surface area contributed by atoms with Crippen molar-refractivity contribution in [3.63, 3.8) is 0 Å². The van der Waals surface area contributed by atoms with Crippen LogP contribution in [0.3, 0.4) is 0 Å². The molecule has 2 aromatic carbocycles. The summed E-state index contributed by atoms with van der Waals surface area (Å²) in [4.78, 5) is 32.3. The average Bonchev–Trinajstić information content (AvgIpc) is 3.44. The molecule has 1 unspecified atom stereocenters. The van der Waals surface area contributed by atoms with Crippen LogP contribution in [0, 0.1) is 6.92 Å². The molecule has 0 fully saturated rings. The number of anilines is 1. The third kappa shape index (κ3) is 4.09. The number of nitrogens with zero attached hydrogens (tertiary/aromatic N) is 2. The number of benzene rings is 2. The molecule has 0 bridgehead atoms. The molecule has 5 rings (SSSR count). The van der Waals surface area contributed by atoms with Crippen LogP contribution in [0.2, 0.25) is 0 Å². The summed E-state index contributed by atoms with van der Waals surface area (Å²) in [6, 6.07) is 14.8. The van der Waals surface area contributed by atoms with Crippen LogP contribution < -0.4 is 15.0 Å². The van der Waals surface area contributed by atoms with Crippen molar-refractivity contribution in [1.82, 2.24) is 10.3 Å². The monoisotopic (exact) mass is 479 g/mol. The van der Waals surface area contributed by atoms with Crippen molar-refractivity contribution in [1.29, 1.82) is 0 Å². The zero-order valence-corrected chi connectivity index (χ0v) is 19.7. The van der Waals surface area contributed by atoms with E-state index in [0.717, 1.165) is 21.0 Å². The Morgan fingerprint density at radius 2 is 2.00 bits per heavy atom. The molecule has 1 atom stereocenters. The number of thiazole rings is 1. The lowest BCUT2D eigenvalue weighted by Gasteiger charge is -2.33. The van der Waals surface area contributed by atoms with E-state index in [1.165, 1.54) is 0 Å². The molecular weight excluding hydrogens is 458 g/mol. The molecule has 1 aliphatic rings. The van der Waals surface area contributed by atoms with Gasteiger partial charge in [-0.25, -0.2) is 4.98 Å². The minimum atomic E-state index is -0.811. The zero-order chi connectivity index (χ0) is 22.9. The predicted molar refractivity (Wildman–Crippen MR) is 129 cm³/mol. The Morgan fingerprint density at radius 3 is 2.79 bits per heavy atom. The molecule has 2 amide bonds. The second-order valence-electron chi connectivity index (χ2n) is 7.55. The lowest BCUT2D eigenvalue weighted by molar-refractivity contribution is -0.127. The fraction of sp³-hybridized carbons (Fsp3) is 0.208. The fourth-order valence-corrected chi connectivity index (χ4v) is 5.67. The predicted octanol–water partition coefficient (Wildman–Crippen LogP) is 4.64. The summed E-state index contributed by atoms with van der Waals surface area (Å²) in [5.74, 6) is 0.694. The van der Waals surface area contributed by atoms with Gasteiger partial charge in [0, 0.05) is 34.8 Å². The van der Waals surface area contributed by atoms with Crippen molar-refractivity contribution in [2.45, 2.75) is 23.1 Å². The van der Waals surface area contributed by atoms with Crippen molar-refractivity contribution in [3.8, 4) is 5.75 Å². The van der Waals surface area contributed by atoms with Crippen molar-refractivity contribution >= 4 is 51.6 Å². The van der Waals surface area contributed by atoms with E-state index in [1.807, 2.05) is 54.8 Å². The molecule has 1 aliphatic heterocycles. The van der Waals surface area contributed by atoms with E-state index in [1.54, 1.807) is 41.1 Å². The second-order valence-corrected chi connectivity index (χ2v) is 9.63. The topological polar surface area (TPSA) is 84.7 Å². The molecule has 3 heterocycles. The molecule has 9 heteroatoms. The van der Waals surface area contributed by atoms with Gasteiger partial charge in [0.2, 0.25) is 0 Å². The van der Waals surface area contributed by atoms with E-state index in [4.69, 9.17) is 9.15 Å². The highest BCUT2D eigenvalue weighted by Crippen LogP contribution is 2.38. The van der Waals surface area contributed by atoms with Gasteiger partial charge < -0.3 is 14.5 Å². The first kappa shape index (κ1) is 21.5. The average molecular weight is 480 g/mol. The van der Waals surface area contributed by atoms with Crippen molar-refractivity contribution in [3.05, 3.63) is 70.9 Å². The maximum Gasteiger partial charge on any atom is 0.294 e. The number of thioether (sulfide) groups is 1. The third-order valence-corrected chi connectivity index (χ3v) is 7.55. The minimum absolute atomic E-state index is 0.0881. The Morgan fingerprint density at radius 1 is 1.21 bits per heavy atom. The lowest BCUT2D eigenvalue weighted by atomic mass is 10.1. The Bertz CT molecular complexity index is 1350. The molecule has 7 nitrogen and oxygen atoms in total. The number of hydrogen-bond donors (Lipinski definition) is 1. The van der Waals surface area contributed by atoms with Gasteiger partial charge in [-0.05, 0) is 25.1 Å². The summed E-state index contributed by atoms with van der Waals surface area (Å²) in [6.07, 6.45) is -0.811. The van der Waals surface area contributed by atoms with Gasteiger partial charge in [0.25, 0.3) is 11.8 Å². The fourth-order valence-electron chi connectivity index (χ4n) is 3.79. The van der Waals surface area contributed by atoms with Crippen molar-refractivity contribution in [2.24, 2.45) is 0 Å². The summed E-state index contributed by atoms with van der Waals surface area (Å²) in [7, 11) is 1.55. The summed E-state index contributed by atoms with van der Waals surface area (Å²) in [5, 5.41) is 5.50. The smallest absolute Gasteiger partial charge is 0.294 e. The normalized spacial score (nSPS) is 15.2. The van der Waals surface area contributed by atoms with E-state index in [0.29, 0.717) is 22.8 Å². The standard InChI is InChI=1S/C24H21N3O4S2/c1-14-12-32-24(26-14)33-13-16-15-7-3-5-9-18(15)31-21(16)23(29)27-11-20(22(28)25-2)30-19-10-6-4-8-17(19)27/h3-10,12,20H,11,13H2,1-2H3,(H,25,28). The summed E-state index contributed by atoms with van der Waals surface area (Å²) in [6.45, 7) is 2.05. The molecule has 0 radical (unpaired) electrons. The van der Waals surface area contributed by atoms with Gasteiger partial charge in [-0.3, -0.25) is 14.5 Å². The largest absolute Gasteiger partial charge is 0.477 e. The highest BCUT2D eigenvalue weighted by molar-refractivity contribution is 8.00. The van der Waals surface area contributed by atoms with Crippen LogP contribution in [-0.2, 0) is 10.5 Å². The van der Waals surface area contributed by atoms with Gasteiger partial charge in [0.05, 0.1) is 12.2 Å². The quantitative estimate of drug-likeness (QED) is 0.420. The third-order valence-electron chi connectivity index (χ3n) is 5.39. The van der Waals surface area contributed by atoms with Crippen LogP contribution in [0.5, 0.6) is 5.75 Å². The molecule has 168 valence electrons. The van der Waals surface area contributed by atoms with Crippen molar-refractivity contribution in [2.75, 3.05) is 18.5 Å². The number of aromatic nitrogens is 1. The maximum absolute atomic E-state index is 13.8. The van der Waals surface area contributed by atoms with Gasteiger partial charge in [0.1, 0.15) is 15.7 Å². The number of aryl methyl sites for hydroxylation is 1. The number of carbonyl (C=O) groups is 2. The highest BCUT2D eigenvalue weighted by atomic mass is 32.2. The van der Waals surface area contributed by atoms with Crippen LogP contribution >= 0.6 is 23.1 Å². The first-order valence-corrected chi connectivity index (χ1v) is 12.3. The van der Waals surface area contributed by atoms with Crippen molar-refractivity contribution < 1.29 is 18.7 Å². The molecule has 2 aromatic heterocycles. The number of fused-ring (bicyclic) bond motifs is 2. The number of carbonyl (C=O) groups excluding carboxylic acids is 2. The van der Waals surface area contributed by atoms with Crippen LogP contribution in [0.4, 0.5) is 5.69 Å². The number of nitrogens with one attached hydrogen (secondary N) is 1. The van der Waals surface area contributed by atoms with Gasteiger partial charge >= 0.3 is 0 Å². The number of furan rings is 1. The summed E-state index contributed by atoms with van der Waals surface area (Å²) < 4.78 is 12.9. The first-order chi connectivity index (χ1) is 16.0. The number of likely N-dealkylation sites (N-methyl/N-ethyl adjacent to an activating group) is 1. The highest BCUT2D eigenvalue weighted by Gasteiger charge is 2.36. The molecular formula is C24H21N3O4S2. The molecule has 4 aromatic rings. The zero-order valence-electron chi connectivity index (χ0n) is 18.0. The number of para-hydroxylation sites is 3. The number of ether oxygens (including phenoxy) is 1. The van der Waals surface area contributed by atoms with Gasteiger partial charge in [-0.15, -0.1) is 11.3 Å². The van der Waals surface area contributed by atoms with Crippen LogP contribution in [-0.4, -0.2) is 36.5 Å². The molecule has 0 aliphatic carbocycles.